The summed E-state index contributed by atoms with van der Waals surface area (Å²) in [6, 6.07) is 1.97. The Labute approximate surface area is 76.6 Å². The fourth-order valence-corrected chi connectivity index (χ4v) is 1.18. The van der Waals surface area contributed by atoms with Crippen molar-refractivity contribution in [3.05, 3.63) is 18.2 Å². The van der Waals surface area contributed by atoms with E-state index in [2.05, 4.69) is 4.98 Å². The number of hydrogen-bond acceptors (Lipinski definition) is 2. The lowest BCUT2D eigenvalue weighted by Crippen LogP contribution is -2.10. The summed E-state index contributed by atoms with van der Waals surface area (Å²) in [5, 5.41) is 8.01. The molecule has 4 heteroatoms. The van der Waals surface area contributed by atoms with Gasteiger partial charge in [-0.25, -0.2) is 4.98 Å². The molecule has 0 aliphatic rings. The van der Waals surface area contributed by atoms with Crippen molar-refractivity contribution in [3.8, 4) is 6.07 Å². The molecule has 0 fully saturated rings. The number of rotatable bonds is 3. The molecule has 1 aromatic rings. The van der Waals surface area contributed by atoms with Crippen molar-refractivity contribution >= 4 is 11.6 Å². The van der Waals surface area contributed by atoms with Gasteiger partial charge in [0.05, 0.1) is 12.6 Å². The molecule has 0 bridgehead atoms. The van der Waals surface area contributed by atoms with Crippen LogP contribution in [0, 0.1) is 11.3 Å². The molecule has 1 atom stereocenters. The Bertz CT molecular complexity index is 287. The number of alkyl halides is 1. The number of aromatic nitrogens is 2. The van der Waals surface area contributed by atoms with Crippen LogP contribution in [0.15, 0.2) is 12.4 Å². The van der Waals surface area contributed by atoms with Crippen LogP contribution in [-0.4, -0.2) is 14.9 Å². The van der Waals surface area contributed by atoms with E-state index in [1.54, 1.807) is 6.20 Å². The van der Waals surface area contributed by atoms with Gasteiger partial charge in [-0.1, -0.05) is 6.92 Å². The molecule has 0 saturated heterocycles. The highest BCUT2D eigenvalue weighted by molar-refractivity contribution is 6.22. The molecule has 1 unspecified atom stereocenters. The first-order chi connectivity index (χ1) is 5.77. The van der Waals surface area contributed by atoms with Crippen molar-refractivity contribution in [2.24, 2.45) is 0 Å². The zero-order chi connectivity index (χ0) is 8.97. The van der Waals surface area contributed by atoms with Gasteiger partial charge in [-0.05, 0) is 0 Å². The summed E-state index contributed by atoms with van der Waals surface area (Å²) in [4.78, 5) is 4.12. The van der Waals surface area contributed by atoms with Crippen molar-refractivity contribution in [3.63, 3.8) is 0 Å². The summed E-state index contributed by atoms with van der Waals surface area (Å²) < 4.78 is 1.90. The smallest absolute Gasteiger partial charge is 0.138 e. The third kappa shape index (κ3) is 1.99. The lowest BCUT2D eigenvalue weighted by atomic mass is 10.4. The zero-order valence-electron chi connectivity index (χ0n) is 6.87. The Morgan fingerprint density at radius 1 is 1.83 bits per heavy atom. The second kappa shape index (κ2) is 4.13. The summed E-state index contributed by atoms with van der Waals surface area (Å²) in [6.07, 6.45) is 4.42. The molecular formula is C8H10ClN3. The summed E-state index contributed by atoms with van der Waals surface area (Å²) in [5.74, 6) is 0.968. The van der Waals surface area contributed by atoms with Gasteiger partial charge in [0.1, 0.15) is 11.2 Å². The van der Waals surface area contributed by atoms with Crippen LogP contribution in [0.4, 0.5) is 0 Å². The van der Waals surface area contributed by atoms with Gasteiger partial charge in [0.2, 0.25) is 0 Å². The van der Waals surface area contributed by atoms with Crippen molar-refractivity contribution in [1.82, 2.24) is 9.55 Å². The number of halogens is 1. The summed E-state index contributed by atoms with van der Waals surface area (Å²) in [7, 11) is 0. The van der Waals surface area contributed by atoms with E-state index in [0.717, 1.165) is 12.2 Å². The van der Waals surface area contributed by atoms with E-state index in [0.29, 0.717) is 6.54 Å². The second-order valence-electron chi connectivity index (χ2n) is 2.45. The molecule has 12 heavy (non-hydrogen) atoms. The van der Waals surface area contributed by atoms with E-state index in [1.807, 2.05) is 23.8 Å². The van der Waals surface area contributed by atoms with Crippen LogP contribution in [0.25, 0.3) is 0 Å². The van der Waals surface area contributed by atoms with Gasteiger partial charge in [0.25, 0.3) is 0 Å². The fraction of sp³-hybridized carbons (Fsp3) is 0.500. The fourth-order valence-electron chi connectivity index (χ4n) is 1.03. The number of aryl methyl sites for hydroxylation is 1. The van der Waals surface area contributed by atoms with Crippen molar-refractivity contribution in [1.29, 1.82) is 5.26 Å². The van der Waals surface area contributed by atoms with Crippen LogP contribution < -0.4 is 0 Å². The van der Waals surface area contributed by atoms with Gasteiger partial charge in [-0.15, -0.1) is 11.6 Å². The highest BCUT2D eigenvalue weighted by atomic mass is 35.5. The van der Waals surface area contributed by atoms with E-state index in [-0.39, 0.29) is 0 Å². The third-order valence-corrected chi connectivity index (χ3v) is 1.85. The summed E-state index contributed by atoms with van der Waals surface area (Å²) >= 11 is 5.68. The largest absolute Gasteiger partial charge is 0.332 e. The Morgan fingerprint density at radius 3 is 3.17 bits per heavy atom. The number of nitriles is 1. The first-order valence-electron chi connectivity index (χ1n) is 3.81. The maximum Gasteiger partial charge on any atom is 0.138 e. The standard InChI is InChI=1S/C8H10ClN3/c1-2-8-11-3-4-12(8)6-7(9)5-10/h3-4,7H,2,6H2,1H3. The van der Waals surface area contributed by atoms with E-state index in [1.165, 1.54) is 0 Å². The van der Waals surface area contributed by atoms with Crippen LogP contribution in [0.1, 0.15) is 12.7 Å². The summed E-state index contributed by atoms with van der Waals surface area (Å²) in [6.45, 7) is 2.54. The molecule has 0 amide bonds. The van der Waals surface area contributed by atoms with Crippen LogP contribution in [0.3, 0.4) is 0 Å². The number of imidazole rings is 1. The third-order valence-electron chi connectivity index (χ3n) is 1.62. The van der Waals surface area contributed by atoms with Gasteiger partial charge < -0.3 is 4.57 Å². The van der Waals surface area contributed by atoms with Gasteiger partial charge in [-0.3, -0.25) is 0 Å². The first kappa shape index (κ1) is 9.08. The van der Waals surface area contributed by atoms with Crippen molar-refractivity contribution in [2.75, 3.05) is 0 Å². The molecule has 1 aromatic heterocycles. The quantitative estimate of drug-likeness (QED) is 0.668. The molecule has 0 radical (unpaired) electrons. The minimum atomic E-state index is -0.468. The van der Waals surface area contributed by atoms with Crippen molar-refractivity contribution < 1.29 is 0 Å². The normalized spacial score (nSPS) is 12.4. The molecule has 3 nitrogen and oxygen atoms in total. The zero-order valence-corrected chi connectivity index (χ0v) is 7.62. The van der Waals surface area contributed by atoms with E-state index >= 15 is 0 Å². The van der Waals surface area contributed by atoms with Crippen molar-refractivity contribution in [2.45, 2.75) is 25.3 Å². The minimum absolute atomic E-state index is 0.468. The lowest BCUT2D eigenvalue weighted by molar-refractivity contribution is 0.675. The Balaban J connectivity index is 2.69. The van der Waals surface area contributed by atoms with E-state index in [4.69, 9.17) is 16.9 Å². The average Bonchev–Trinajstić information content (AvgIpc) is 2.51. The molecule has 0 aliphatic heterocycles. The highest BCUT2D eigenvalue weighted by Crippen LogP contribution is 2.03. The molecular weight excluding hydrogens is 174 g/mol. The topological polar surface area (TPSA) is 41.6 Å². The summed E-state index contributed by atoms with van der Waals surface area (Å²) in [5.41, 5.74) is 0. The molecule has 0 saturated carbocycles. The van der Waals surface area contributed by atoms with Gasteiger partial charge in [0.15, 0.2) is 0 Å². The SMILES string of the molecule is CCc1nccn1CC(Cl)C#N. The monoisotopic (exact) mass is 183 g/mol. The highest BCUT2D eigenvalue weighted by Gasteiger charge is 2.05. The predicted molar refractivity (Wildman–Crippen MR) is 46.9 cm³/mol. The number of nitrogens with zero attached hydrogens (tertiary/aromatic N) is 3. The molecule has 0 aliphatic carbocycles. The predicted octanol–water partition coefficient (Wildman–Crippen LogP) is 1.58. The van der Waals surface area contributed by atoms with Crippen LogP contribution >= 0.6 is 11.6 Å². The van der Waals surface area contributed by atoms with Crippen LogP contribution in [0.5, 0.6) is 0 Å². The van der Waals surface area contributed by atoms with Gasteiger partial charge in [-0.2, -0.15) is 5.26 Å². The molecule has 0 spiro atoms. The van der Waals surface area contributed by atoms with Gasteiger partial charge >= 0.3 is 0 Å². The molecule has 0 aromatic carbocycles. The van der Waals surface area contributed by atoms with E-state index in [9.17, 15) is 0 Å². The van der Waals surface area contributed by atoms with Crippen LogP contribution in [-0.2, 0) is 13.0 Å². The Morgan fingerprint density at radius 2 is 2.58 bits per heavy atom. The molecule has 1 heterocycles. The Kier molecular flexibility index (Phi) is 3.12. The van der Waals surface area contributed by atoms with Crippen LogP contribution in [0.2, 0.25) is 0 Å². The van der Waals surface area contributed by atoms with Gasteiger partial charge in [0, 0.05) is 18.8 Å². The Hall–Kier alpha value is -1.01. The van der Waals surface area contributed by atoms with E-state index < -0.39 is 5.38 Å². The molecule has 64 valence electrons. The average molecular weight is 184 g/mol. The number of hydrogen-bond donors (Lipinski definition) is 0. The molecule has 1 rings (SSSR count). The molecule has 0 N–H and O–H groups in total. The lowest BCUT2D eigenvalue weighted by Gasteiger charge is -2.05. The minimum Gasteiger partial charge on any atom is -0.332 e. The first-order valence-corrected chi connectivity index (χ1v) is 4.25. The maximum absolute atomic E-state index is 8.48. The second-order valence-corrected chi connectivity index (χ2v) is 2.97. The maximum atomic E-state index is 8.48.